The predicted molar refractivity (Wildman–Crippen MR) is 77.3 cm³/mol. The van der Waals surface area contributed by atoms with E-state index < -0.39 is 24.4 Å². The summed E-state index contributed by atoms with van der Waals surface area (Å²) in [7, 11) is 1.52. The first-order valence-corrected chi connectivity index (χ1v) is 7.11. The number of aliphatic hydroxyl groups excluding tert-OH is 3. The zero-order valence-electron chi connectivity index (χ0n) is 12.3. The van der Waals surface area contributed by atoms with Gasteiger partial charge in [-0.1, -0.05) is 12.1 Å². The molecule has 22 heavy (non-hydrogen) atoms. The van der Waals surface area contributed by atoms with Gasteiger partial charge < -0.3 is 30.1 Å². The minimum atomic E-state index is -1.09. The highest BCUT2D eigenvalue weighted by Gasteiger charge is 2.37. The summed E-state index contributed by atoms with van der Waals surface area (Å²) in [5, 5.41) is 31.6. The number of aliphatic hydroxyl groups is 3. The fourth-order valence-electron chi connectivity index (χ4n) is 2.35. The van der Waals surface area contributed by atoms with Gasteiger partial charge in [0.1, 0.15) is 18.0 Å². The number of ether oxygens (including phenoxy) is 2. The number of rotatable bonds is 5. The second-order valence-corrected chi connectivity index (χ2v) is 5.19. The lowest BCUT2D eigenvalue weighted by molar-refractivity contribution is -0.179. The molecule has 1 saturated heterocycles. The molecule has 1 aromatic rings. The molecular weight excluding hydrogens is 290 g/mol. The normalized spacial score (nSPS) is 28.2. The zero-order chi connectivity index (χ0) is 16.1. The minimum Gasteiger partial charge on any atom is -0.484 e. The first-order chi connectivity index (χ1) is 10.5. The Kier molecular flexibility index (Phi) is 5.73. The van der Waals surface area contributed by atoms with Gasteiger partial charge >= 0.3 is 0 Å². The van der Waals surface area contributed by atoms with Crippen molar-refractivity contribution in [3.8, 4) is 5.75 Å². The summed E-state index contributed by atoms with van der Waals surface area (Å²) in [6, 6.07) is 6.76. The number of nitrogens with one attached hydrogen (secondary N) is 1. The van der Waals surface area contributed by atoms with Crippen LogP contribution >= 0.6 is 0 Å². The van der Waals surface area contributed by atoms with Gasteiger partial charge in [-0.05, 0) is 17.7 Å². The predicted octanol–water partition coefficient (Wildman–Crippen LogP) is -0.645. The van der Waals surface area contributed by atoms with Crippen LogP contribution in [0.15, 0.2) is 24.3 Å². The molecule has 2 rings (SSSR count). The largest absolute Gasteiger partial charge is 0.484 e. The van der Waals surface area contributed by atoms with Crippen LogP contribution in [0.5, 0.6) is 5.75 Å². The van der Waals surface area contributed by atoms with Gasteiger partial charge in [0, 0.05) is 13.5 Å². The first-order valence-electron chi connectivity index (χ1n) is 7.11. The van der Waals surface area contributed by atoms with E-state index in [2.05, 4.69) is 5.32 Å². The van der Waals surface area contributed by atoms with Crippen LogP contribution in [0.2, 0.25) is 0 Å². The molecule has 1 aliphatic heterocycles. The summed E-state index contributed by atoms with van der Waals surface area (Å²) in [6.07, 6.45) is -3.16. The maximum atomic E-state index is 11.2. The maximum absolute atomic E-state index is 11.2. The molecule has 1 amide bonds. The van der Waals surface area contributed by atoms with Crippen LogP contribution in [0.3, 0.4) is 0 Å². The number of hydrogen-bond donors (Lipinski definition) is 4. The first kappa shape index (κ1) is 16.7. The molecule has 4 atom stereocenters. The van der Waals surface area contributed by atoms with Gasteiger partial charge in [0.05, 0.1) is 18.8 Å². The van der Waals surface area contributed by atoms with Crippen molar-refractivity contribution in [3.05, 3.63) is 29.8 Å². The molecule has 1 aliphatic rings. The smallest absolute Gasteiger partial charge is 0.257 e. The fourth-order valence-corrected chi connectivity index (χ4v) is 2.35. The van der Waals surface area contributed by atoms with E-state index in [9.17, 15) is 20.1 Å². The van der Waals surface area contributed by atoms with Crippen molar-refractivity contribution in [2.75, 3.05) is 20.3 Å². The van der Waals surface area contributed by atoms with Crippen LogP contribution in [0.4, 0.5) is 0 Å². The zero-order valence-corrected chi connectivity index (χ0v) is 12.3. The molecule has 0 spiro atoms. The lowest BCUT2D eigenvalue weighted by Crippen LogP contribution is -2.44. The Bertz CT molecular complexity index is 509. The molecule has 7 heteroatoms. The van der Waals surface area contributed by atoms with Gasteiger partial charge in [-0.15, -0.1) is 0 Å². The highest BCUT2D eigenvalue weighted by molar-refractivity contribution is 5.77. The number of carbonyl (C=O) groups excluding carboxylic acids is 1. The fraction of sp³-hybridized carbons (Fsp3) is 0.533. The van der Waals surface area contributed by atoms with Crippen LogP contribution in [0.25, 0.3) is 0 Å². The van der Waals surface area contributed by atoms with Crippen molar-refractivity contribution in [1.82, 2.24) is 5.32 Å². The number of carbonyl (C=O) groups is 1. The Morgan fingerprint density at radius 2 is 2.23 bits per heavy atom. The van der Waals surface area contributed by atoms with E-state index in [1.54, 1.807) is 24.3 Å². The number of likely N-dealkylation sites (N-methyl/N-ethyl adjacent to an activating group) is 1. The second kappa shape index (κ2) is 7.55. The van der Waals surface area contributed by atoms with Gasteiger partial charge in [-0.25, -0.2) is 0 Å². The second-order valence-electron chi connectivity index (χ2n) is 5.19. The Morgan fingerprint density at radius 3 is 2.91 bits per heavy atom. The molecule has 1 aromatic carbocycles. The Balaban J connectivity index is 2.11. The summed E-state index contributed by atoms with van der Waals surface area (Å²) in [6.45, 7) is -0.344. The quantitative estimate of drug-likeness (QED) is 0.576. The summed E-state index contributed by atoms with van der Waals surface area (Å²) in [4.78, 5) is 11.2. The third-order valence-electron chi connectivity index (χ3n) is 3.59. The summed E-state index contributed by atoms with van der Waals surface area (Å²) < 4.78 is 11.0. The van der Waals surface area contributed by atoms with Crippen LogP contribution in [0, 0.1) is 0 Å². The molecule has 0 aromatic heterocycles. The summed E-state index contributed by atoms with van der Waals surface area (Å²) >= 11 is 0. The Hall–Kier alpha value is -1.67. The highest BCUT2D eigenvalue weighted by Crippen LogP contribution is 2.33. The molecule has 122 valence electrons. The summed E-state index contributed by atoms with van der Waals surface area (Å²) in [5.74, 6) is 0.202. The summed E-state index contributed by atoms with van der Waals surface area (Å²) in [5.41, 5.74) is 0.610. The van der Waals surface area contributed by atoms with Gasteiger partial charge in [0.2, 0.25) is 0 Å². The molecule has 0 radical (unpaired) electrons. The van der Waals surface area contributed by atoms with E-state index in [4.69, 9.17) is 9.47 Å². The Labute approximate surface area is 128 Å². The van der Waals surface area contributed by atoms with E-state index in [0.717, 1.165) is 0 Å². The van der Waals surface area contributed by atoms with E-state index >= 15 is 0 Å². The van der Waals surface area contributed by atoms with Gasteiger partial charge in [-0.2, -0.15) is 0 Å². The van der Waals surface area contributed by atoms with Crippen molar-refractivity contribution in [3.63, 3.8) is 0 Å². The Morgan fingerprint density at radius 1 is 1.45 bits per heavy atom. The van der Waals surface area contributed by atoms with Crippen molar-refractivity contribution >= 4 is 5.91 Å². The standard InChI is InChI=1S/C15H21NO6/c1-16-13(19)8-21-10-4-2-3-9(5-10)15-14(20)12(18)6-11(7-17)22-15/h2-5,11-12,14-15,17-18,20H,6-8H2,1H3,(H,16,19). The number of amides is 1. The average molecular weight is 311 g/mol. The van der Waals surface area contributed by atoms with E-state index in [-0.39, 0.29) is 25.5 Å². The van der Waals surface area contributed by atoms with Gasteiger partial charge in [0.25, 0.3) is 5.91 Å². The van der Waals surface area contributed by atoms with Gasteiger partial charge in [0.15, 0.2) is 6.61 Å². The lowest BCUT2D eigenvalue weighted by Gasteiger charge is -2.36. The van der Waals surface area contributed by atoms with E-state index in [1.165, 1.54) is 7.05 Å². The molecule has 0 bridgehead atoms. The third kappa shape index (κ3) is 3.95. The van der Waals surface area contributed by atoms with E-state index in [0.29, 0.717) is 11.3 Å². The van der Waals surface area contributed by atoms with Crippen LogP contribution in [-0.4, -0.2) is 59.8 Å². The van der Waals surface area contributed by atoms with Crippen LogP contribution in [-0.2, 0) is 9.53 Å². The SMILES string of the molecule is CNC(=O)COc1cccc(C2OC(CO)CC(O)C2O)c1. The highest BCUT2D eigenvalue weighted by atomic mass is 16.5. The maximum Gasteiger partial charge on any atom is 0.257 e. The van der Waals surface area contributed by atoms with Crippen LogP contribution < -0.4 is 10.1 Å². The topological polar surface area (TPSA) is 108 Å². The van der Waals surface area contributed by atoms with Crippen molar-refractivity contribution < 1.29 is 29.6 Å². The monoisotopic (exact) mass is 311 g/mol. The van der Waals surface area contributed by atoms with Crippen molar-refractivity contribution in [1.29, 1.82) is 0 Å². The van der Waals surface area contributed by atoms with Crippen molar-refractivity contribution in [2.24, 2.45) is 0 Å². The van der Waals surface area contributed by atoms with E-state index in [1.807, 2.05) is 0 Å². The molecule has 4 N–H and O–H groups in total. The number of benzene rings is 1. The molecule has 1 fully saturated rings. The lowest BCUT2D eigenvalue weighted by atomic mass is 9.93. The molecule has 0 saturated carbocycles. The third-order valence-corrected chi connectivity index (χ3v) is 3.59. The molecule has 0 aliphatic carbocycles. The molecule has 4 unspecified atom stereocenters. The van der Waals surface area contributed by atoms with Crippen molar-refractivity contribution in [2.45, 2.75) is 30.8 Å². The van der Waals surface area contributed by atoms with Crippen LogP contribution in [0.1, 0.15) is 18.1 Å². The molecule has 1 heterocycles. The minimum absolute atomic E-state index is 0.115. The number of hydrogen-bond acceptors (Lipinski definition) is 6. The van der Waals surface area contributed by atoms with Gasteiger partial charge in [-0.3, -0.25) is 4.79 Å². The molecular formula is C15H21NO6. The molecule has 7 nitrogen and oxygen atoms in total. The average Bonchev–Trinajstić information content (AvgIpc) is 2.55.